The molecule has 2 aromatic carbocycles. The van der Waals surface area contributed by atoms with Crippen molar-refractivity contribution in [2.75, 3.05) is 17.8 Å². The number of anilines is 1. The molecule has 2 aromatic rings. The zero-order valence-electron chi connectivity index (χ0n) is 16.6. The number of nitrogens with zero attached hydrogens (tertiary/aromatic N) is 1. The highest BCUT2D eigenvalue weighted by atomic mass is 32.2. The maximum absolute atomic E-state index is 12.8. The lowest BCUT2D eigenvalue weighted by atomic mass is 10.1. The Hall–Kier alpha value is -2.43. The lowest BCUT2D eigenvalue weighted by molar-refractivity contribution is 0.0696. The fourth-order valence-electron chi connectivity index (χ4n) is 2.77. The van der Waals surface area contributed by atoms with Crippen molar-refractivity contribution in [3.05, 3.63) is 53.1 Å². The second-order valence-corrected chi connectivity index (χ2v) is 10.1. The molecule has 0 unspecified atom stereocenters. The molecule has 0 radical (unpaired) electrons. The molecule has 0 bridgehead atoms. The second-order valence-electron chi connectivity index (χ2n) is 6.44. The van der Waals surface area contributed by atoms with E-state index in [9.17, 15) is 21.6 Å². The zero-order valence-corrected chi connectivity index (χ0v) is 18.3. The number of carbonyl (C=O) groups is 1. The van der Waals surface area contributed by atoms with Gasteiger partial charge in [-0.2, -0.15) is 4.31 Å². The molecule has 0 fully saturated rings. The number of sulfonamides is 2. The van der Waals surface area contributed by atoms with Gasteiger partial charge in [-0.25, -0.2) is 21.6 Å². The number of rotatable bonds is 8. The Bertz CT molecular complexity index is 1120. The predicted octanol–water partition coefficient (Wildman–Crippen LogP) is 2.83. The molecule has 0 saturated carbocycles. The highest BCUT2D eigenvalue weighted by Crippen LogP contribution is 2.28. The maximum atomic E-state index is 12.8. The van der Waals surface area contributed by atoms with Crippen LogP contribution < -0.4 is 4.72 Å². The molecule has 0 aliphatic rings. The molecule has 8 nitrogen and oxygen atoms in total. The van der Waals surface area contributed by atoms with Gasteiger partial charge in [-0.05, 0) is 61.4 Å². The molecule has 10 heteroatoms. The SMILES string of the molecule is CCN(CC)S(=O)(=O)c1cc(C)c(C)c(NS(=O)(=O)c2ccc(C(=O)O)cc2)c1. The zero-order chi connectivity index (χ0) is 22.0. The lowest BCUT2D eigenvalue weighted by Gasteiger charge is -2.20. The van der Waals surface area contributed by atoms with Crippen LogP contribution >= 0.6 is 0 Å². The topological polar surface area (TPSA) is 121 Å². The van der Waals surface area contributed by atoms with Gasteiger partial charge in [0.25, 0.3) is 10.0 Å². The molecule has 29 heavy (non-hydrogen) atoms. The number of hydrogen-bond acceptors (Lipinski definition) is 5. The predicted molar refractivity (Wildman–Crippen MR) is 110 cm³/mol. The van der Waals surface area contributed by atoms with Crippen molar-refractivity contribution in [2.45, 2.75) is 37.5 Å². The van der Waals surface area contributed by atoms with E-state index in [1.807, 2.05) is 0 Å². The van der Waals surface area contributed by atoms with Crippen molar-refractivity contribution in [3.8, 4) is 0 Å². The molecule has 0 atom stereocenters. The number of carboxylic acids is 1. The first kappa shape index (κ1) is 22.9. The van der Waals surface area contributed by atoms with Gasteiger partial charge in [-0.1, -0.05) is 13.8 Å². The van der Waals surface area contributed by atoms with E-state index in [0.717, 1.165) is 0 Å². The summed E-state index contributed by atoms with van der Waals surface area (Å²) in [5.74, 6) is -1.16. The van der Waals surface area contributed by atoms with Crippen LogP contribution in [0, 0.1) is 13.8 Å². The highest BCUT2D eigenvalue weighted by Gasteiger charge is 2.24. The van der Waals surface area contributed by atoms with E-state index in [1.54, 1.807) is 27.7 Å². The molecule has 0 saturated heterocycles. The van der Waals surface area contributed by atoms with Crippen LogP contribution in [0.3, 0.4) is 0 Å². The summed E-state index contributed by atoms with van der Waals surface area (Å²) < 4.78 is 54.9. The first-order valence-electron chi connectivity index (χ1n) is 8.91. The Labute approximate surface area is 171 Å². The van der Waals surface area contributed by atoms with Gasteiger partial charge in [0, 0.05) is 13.1 Å². The van der Waals surface area contributed by atoms with Crippen LogP contribution in [0.4, 0.5) is 5.69 Å². The summed E-state index contributed by atoms with van der Waals surface area (Å²) in [7, 11) is -7.81. The normalized spacial score (nSPS) is 12.2. The summed E-state index contributed by atoms with van der Waals surface area (Å²) in [5.41, 5.74) is 1.33. The Kier molecular flexibility index (Phi) is 6.71. The van der Waals surface area contributed by atoms with Crippen LogP contribution in [0.15, 0.2) is 46.2 Å². The smallest absolute Gasteiger partial charge is 0.335 e. The van der Waals surface area contributed by atoms with Gasteiger partial charge in [0.15, 0.2) is 0 Å². The van der Waals surface area contributed by atoms with Crippen LogP contribution in [0.2, 0.25) is 0 Å². The quantitative estimate of drug-likeness (QED) is 0.651. The van der Waals surface area contributed by atoms with Crippen LogP contribution in [-0.2, 0) is 20.0 Å². The first-order valence-corrected chi connectivity index (χ1v) is 11.8. The summed E-state index contributed by atoms with van der Waals surface area (Å²) in [6.45, 7) is 7.44. The molecule has 158 valence electrons. The summed E-state index contributed by atoms with van der Waals surface area (Å²) in [5, 5.41) is 8.95. The van der Waals surface area contributed by atoms with E-state index in [2.05, 4.69) is 4.72 Å². The van der Waals surface area contributed by atoms with Crippen LogP contribution in [0.25, 0.3) is 0 Å². The van der Waals surface area contributed by atoms with Crippen molar-refractivity contribution in [3.63, 3.8) is 0 Å². The average Bonchev–Trinajstić information content (AvgIpc) is 2.65. The first-order chi connectivity index (χ1) is 13.4. The maximum Gasteiger partial charge on any atom is 0.335 e. The molecule has 0 aliphatic heterocycles. The molecule has 0 heterocycles. The fourth-order valence-corrected chi connectivity index (χ4v) is 5.46. The third-order valence-corrected chi connectivity index (χ3v) is 8.05. The van der Waals surface area contributed by atoms with Gasteiger partial charge in [0.1, 0.15) is 0 Å². The minimum absolute atomic E-state index is 0.00299. The number of benzene rings is 2. The number of aryl methyl sites for hydroxylation is 1. The molecule has 2 N–H and O–H groups in total. The summed E-state index contributed by atoms with van der Waals surface area (Å²) in [6.07, 6.45) is 0. The molecule has 0 spiro atoms. The third kappa shape index (κ3) is 4.77. The van der Waals surface area contributed by atoms with Crippen molar-refractivity contribution >= 4 is 31.7 Å². The summed E-state index contributed by atoms with van der Waals surface area (Å²) >= 11 is 0. The Morgan fingerprint density at radius 1 is 0.966 bits per heavy atom. The molecule has 0 aromatic heterocycles. The molecule has 0 aliphatic carbocycles. The standard InChI is InChI=1S/C19H24N2O6S2/c1-5-21(6-2)29(26,27)17-11-13(3)14(4)18(12-17)20-28(24,25)16-9-7-15(8-10-16)19(22)23/h7-12,20H,5-6H2,1-4H3,(H,22,23). The molecular formula is C19H24N2O6S2. The monoisotopic (exact) mass is 440 g/mol. The number of aromatic carboxylic acids is 1. The minimum atomic E-state index is -4.04. The van der Waals surface area contributed by atoms with E-state index in [-0.39, 0.29) is 21.0 Å². The second kappa shape index (κ2) is 8.52. The highest BCUT2D eigenvalue weighted by molar-refractivity contribution is 7.92. The van der Waals surface area contributed by atoms with E-state index in [4.69, 9.17) is 5.11 Å². The summed E-state index contributed by atoms with van der Waals surface area (Å²) in [4.78, 5) is 10.8. The van der Waals surface area contributed by atoms with E-state index >= 15 is 0 Å². The van der Waals surface area contributed by atoms with E-state index in [0.29, 0.717) is 24.2 Å². The fraction of sp³-hybridized carbons (Fsp3) is 0.316. The van der Waals surface area contributed by atoms with Crippen molar-refractivity contribution in [1.29, 1.82) is 0 Å². The van der Waals surface area contributed by atoms with Gasteiger partial charge in [-0.15, -0.1) is 0 Å². The minimum Gasteiger partial charge on any atom is -0.478 e. The van der Waals surface area contributed by atoms with Crippen LogP contribution in [0.5, 0.6) is 0 Å². The van der Waals surface area contributed by atoms with E-state index in [1.165, 1.54) is 40.7 Å². The van der Waals surface area contributed by atoms with E-state index < -0.39 is 26.0 Å². The molecule has 2 rings (SSSR count). The van der Waals surface area contributed by atoms with Gasteiger partial charge in [0.2, 0.25) is 10.0 Å². The van der Waals surface area contributed by atoms with Gasteiger partial charge < -0.3 is 5.11 Å². The molecular weight excluding hydrogens is 416 g/mol. The van der Waals surface area contributed by atoms with Gasteiger partial charge in [-0.3, -0.25) is 4.72 Å². The Balaban J connectivity index is 2.49. The number of hydrogen-bond donors (Lipinski definition) is 2. The number of carboxylic acid groups (broad SMARTS) is 1. The molecule has 0 amide bonds. The average molecular weight is 441 g/mol. The summed E-state index contributed by atoms with van der Waals surface area (Å²) in [6, 6.07) is 7.57. The third-order valence-electron chi connectivity index (χ3n) is 4.64. The van der Waals surface area contributed by atoms with Crippen molar-refractivity contribution in [1.82, 2.24) is 4.31 Å². The van der Waals surface area contributed by atoms with Crippen LogP contribution in [0.1, 0.15) is 35.3 Å². The lowest BCUT2D eigenvalue weighted by Crippen LogP contribution is -2.30. The Morgan fingerprint density at radius 3 is 2.00 bits per heavy atom. The van der Waals surface area contributed by atoms with Gasteiger partial charge in [0.05, 0.1) is 21.0 Å². The van der Waals surface area contributed by atoms with Gasteiger partial charge >= 0.3 is 5.97 Å². The van der Waals surface area contributed by atoms with Crippen LogP contribution in [-0.4, -0.2) is 45.3 Å². The Morgan fingerprint density at radius 2 is 1.52 bits per heavy atom. The van der Waals surface area contributed by atoms with Crippen molar-refractivity contribution in [2.24, 2.45) is 0 Å². The largest absolute Gasteiger partial charge is 0.478 e. The van der Waals surface area contributed by atoms with Crippen molar-refractivity contribution < 1.29 is 26.7 Å². The number of nitrogens with one attached hydrogen (secondary N) is 1.